The highest BCUT2D eigenvalue weighted by Gasteiger charge is 2.17. The van der Waals surface area contributed by atoms with Gasteiger partial charge < -0.3 is 19.5 Å². The molecule has 0 spiro atoms. The Morgan fingerprint density at radius 1 is 0.829 bits per heavy atom. The van der Waals surface area contributed by atoms with Crippen molar-refractivity contribution >= 4 is 29.2 Å². The molecule has 0 aliphatic carbocycles. The van der Waals surface area contributed by atoms with Gasteiger partial charge >= 0.3 is 17.8 Å². The van der Waals surface area contributed by atoms with Gasteiger partial charge in [-0.2, -0.15) is 5.10 Å². The molecule has 35 heavy (non-hydrogen) atoms. The Hall–Kier alpha value is -4.66. The van der Waals surface area contributed by atoms with Crippen LogP contribution in [0.1, 0.15) is 28.4 Å². The van der Waals surface area contributed by atoms with E-state index in [0.717, 1.165) is 5.56 Å². The Balaban J connectivity index is 1.69. The lowest BCUT2D eigenvalue weighted by atomic mass is 10.1. The van der Waals surface area contributed by atoms with Crippen LogP contribution in [0.15, 0.2) is 71.8 Å². The number of carbonyl (C=O) groups excluding carboxylic acids is 3. The van der Waals surface area contributed by atoms with Crippen LogP contribution in [0.3, 0.4) is 0 Å². The number of nitrogens with zero attached hydrogens (tertiary/aromatic N) is 1. The van der Waals surface area contributed by atoms with Crippen molar-refractivity contribution in [2.24, 2.45) is 5.10 Å². The molecule has 3 aromatic rings. The molecule has 0 saturated heterocycles. The van der Waals surface area contributed by atoms with Gasteiger partial charge in [-0.3, -0.25) is 9.59 Å². The van der Waals surface area contributed by atoms with Crippen LogP contribution in [0.4, 0.5) is 5.69 Å². The van der Waals surface area contributed by atoms with Crippen LogP contribution in [0.25, 0.3) is 0 Å². The Morgan fingerprint density at radius 3 is 2.23 bits per heavy atom. The monoisotopic (exact) mass is 475 g/mol. The van der Waals surface area contributed by atoms with E-state index < -0.39 is 17.8 Å². The lowest BCUT2D eigenvalue weighted by Crippen LogP contribution is -2.33. The maximum absolute atomic E-state index is 12.5. The van der Waals surface area contributed by atoms with Crippen LogP contribution < -0.4 is 25.0 Å². The van der Waals surface area contributed by atoms with Crippen molar-refractivity contribution in [1.29, 1.82) is 0 Å². The van der Waals surface area contributed by atoms with Gasteiger partial charge in [-0.1, -0.05) is 29.8 Å². The van der Waals surface area contributed by atoms with Gasteiger partial charge in [0.2, 0.25) is 0 Å². The minimum Gasteiger partial charge on any atom is -0.497 e. The van der Waals surface area contributed by atoms with Crippen LogP contribution in [0.2, 0.25) is 0 Å². The molecule has 2 amide bonds. The Morgan fingerprint density at radius 2 is 1.54 bits per heavy atom. The molecule has 2 N–H and O–H groups in total. The quantitative estimate of drug-likeness (QED) is 0.177. The van der Waals surface area contributed by atoms with Gasteiger partial charge in [0, 0.05) is 11.6 Å². The van der Waals surface area contributed by atoms with E-state index in [9.17, 15) is 14.4 Å². The molecule has 0 unspecified atom stereocenters. The van der Waals surface area contributed by atoms with Crippen molar-refractivity contribution in [3.63, 3.8) is 0 Å². The molecule has 9 nitrogen and oxygen atoms in total. The number of esters is 1. The van der Waals surface area contributed by atoms with Crippen molar-refractivity contribution in [3.8, 4) is 17.2 Å². The molecule has 3 rings (SSSR count). The number of rotatable bonds is 7. The van der Waals surface area contributed by atoms with Crippen molar-refractivity contribution in [1.82, 2.24) is 5.43 Å². The lowest BCUT2D eigenvalue weighted by Gasteiger charge is -2.11. The summed E-state index contributed by atoms with van der Waals surface area (Å²) in [7, 11) is 2.93. The average molecular weight is 476 g/mol. The highest BCUT2D eigenvalue weighted by atomic mass is 16.5. The summed E-state index contributed by atoms with van der Waals surface area (Å²) < 4.78 is 15.9. The van der Waals surface area contributed by atoms with Gasteiger partial charge in [-0.15, -0.1) is 0 Å². The first kappa shape index (κ1) is 25.0. The number of hydrogen-bond donors (Lipinski definition) is 2. The van der Waals surface area contributed by atoms with Crippen LogP contribution >= 0.6 is 0 Å². The highest BCUT2D eigenvalue weighted by molar-refractivity contribution is 6.39. The number of benzene rings is 3. The molecule has 180 valence electrons. The summed E-state index contributed by atoms with van der Waals surface area (Å²) in [6.07, 6.45) is 0. The zero-order valence-electron chi connectivity index (χ0n) is 19.7. The maximum Gasteiger partial charge on any atom is 0.343 e. The first-order chi connectivity index (χ1) is 16.8. The molecule has 0 atom stereocenters. The Kier molecular flexibility index (Phi) is 8.18. The van der Waals surface area contributed by atoms with Gasteiger partial charge in [-0.25, -0.2) is 10.2 Å². The average Bonchev–Trinajstić information content (AvgIpc) is 2.87. The second-order valence-corrected chi connectivity index (χ2v) is 7.41. The molecule has 3 aromatic carbocycles. The standard InChI is InChI=1S/C26H25N3O6/c1-16-9-11-18(12-10-16)26(32)35-22-8-6-5-7-20(22)17(2)28-29-25(31)24(30)27-21-14-13-19(33-3)15-23(21)34-4/h5-15H,1-4H3,(H,27,30)(H,29,31). The summed E-state index contributed by atoms with van der Waals surface area (Å²) in [6.45, 7) is 3.54. The minimum absolute atomic E-state index is 0.265. The summed E-state index contributed by atoms with van der Waals surface area (Å²) in [4.78, 5) is 37.1. The van der Waals surface area contributed by atoms with E-state index in [0.29, 0.717) is 34.0 Å². The van der Waals surface area contributed by atoms with Crippen LogP contribution in [-0.4, -0.2) is 37.7 Å². The SMILES string of the molecule is COc1ccc(NC(=O)C(=O)NN=C(C)c2ccccc2OC(=O)c2ccc(C)cc2)c(OC)c1. The molecule has 0 heterocycles. The molecule has 0 radical (unpaired) electrons. The number of para-hydroxylation sites is 1. The second kappa shape index (κ2) is 11.5. The number of methoxy groups -OCH3 is 2. The molecule has 0 aromatic heterocycles. The molecule has 0 aliphatic heterocycles. The van der Waals surface area contributed by atoms with Crippen LogP contribution in [0.5, 0.6) is 17.2 Å². The smallest absolute Gasteiger partial charge is 0.343 e. The van der Waals surface area contributed by atoms with E-state index in [-0.39, 0.29) is 5.75 Å². The van der Waals surface area contributed by atoms with Gasteiger partial charge in [0.25, 0.3) is 0 Å². The van der Waals surface area contributed by atoms with Crippen molar-refractivity contribution in [3.05, 3.63) is 83.4 Å². The molecule has 0 saturated carbocycles. The number of amides is 2. The van der Waals surface area contributed by atoms with Crippen molar-refractivity contribution in [2.45, 2.75) is 13.8 Å². The summed E-state index contributed by atoms with van der Waals surface area (Å²) in [5.41, 5.74) is 4.74. The van der Waals surface area contributed by atoms with Crippen molar-refractivity contribution < 1.29 is 28.6 Å². The fraction of sp³-hybridized carbons (Fsp3) is 0.154. The first-order valence-corrected chi connectivity index (χ1v) is 10.6. The third-order valence-electron chi connectivity index (χ3n) is 4.96. The zero-order chi connectivity index (χ0) is 25.4. The van der Waals surface area contributed by atoms with E-state index in [4.69, 9.17) is 14.2 Å². The minimum atomic E-state index is -0.989. The summed E-state index contributed by atoms with van der Waals surface area (Å²) >= 11 is 0. The molecular formula is C26H25N3O6. The van der Waals surface area contributed by atoms with Crippen LogP contribution in [0, 0.1) is 6.92 Å². The fourth-order valence-electron chi connectivity index (χ4n) is 3.03. The van der Waals surface area contributed by atoms with E-state index in [1.807, 2.05) is 19.1 Å². The summed E-state index contributed by atoms with van der Waals surface area (Å²) in [5, 5.41) is 6.46. The third kappa shape index (κ3) is 6.44. The number of aryl methyl sites for hydroxylation is 1. The normalized spacial score (nSPS) is 10.8. The second-order valence-electron chi connectivity index (χ2n) is 7.41. The highest BCUT2D eigenvalue weighted by Crippen LogP contribution is 2.29. The fourth-order valence-corrected chi connectivity index (χ4v) is 3.03. The van der Waals surface area contributed by atoms with E-state index in [2.05, 4.69) is 15.8 Å². The van der Waals surface area contributed by atoms with Gasteiger partial charge in [-0.05, 0) is 50.2 Å². The number of hydrogen-bond acceptors (Lipinski definition) is 7. The number of hydrazone groups is 1. The molecular weight excluding hydrogens is 450 g/mol. The number of nitrogens with one attached hydrogen (secondary N) is 2. The Labute approximate surface area is 202 Å². The van der Waals surface area contributed by atoms with Gasteiger partial charge in [0.05, 0.1) is 31.2 Å². The van der Waals surface area contributed by atoms with Gasteiger partial charge in [0.1, 0.15) is 17.2 Å². The molecule has 0 aliphatic rings. The number of carbonyl (C=O) groups is 3. The van der Waals surface area contributed by atoms with E-state index in [1.54, 1.807) is 61.5 Å². The predicted octanol–water partition coefficient (Wildman–Crippen LogP) is 3.71. The molecule has 0 fully saturated rings. The molecule has 0 bridgehead atoms. The summed E-state index contributed by atoms with van der Waals surface area (Å²) in [6, 6.07) is 18.5. The Bertz CT molecular complexity index is 1270. The van der Waals surface area contributed by atoms with E-state index in [1.165, 1.54) is 14.2 Å². The van der Waals surface area contributed by atoms with E-state index >= 15 is 0 Å². The first-order valence-electron chi connectivity index (χ1n) is 10.6. The number of ether oxygens (including phenoxy) is 3. The maximum atomic E-state index is 12.5. The summed E-state index contributed by atoms with van der Waals surface area (Å²) in [5.74, 6) is -1.33. The topological polar surface area (TPSA) is 115 Å². The number of anilines is 1. The van der Waals surface area contributed by atoms with Crippen LogP contribution in [-0.2, 0) is 9.59 Å². The third-order valence-corrected chi connectivity index (χ3v) is 4.96. The van der Waals surface area contributed by atoms with Crippen molar-refractivity contribution in [2.75, 3.05) is 19.5 Å². The predicted molar refractivity (Wildman–Crippen MR) is 131 cm³/mol. The largest absolute Gasteiger partial charge is 0.497 e. The lowest BCUT2D eigenvalue weighted by molar-refractivity contribution is -0.136. The zero-order valence-corrected chi connectivity index (χ0v) is 19.7. The molecule has 9 heteroatoms. The van der Waals surface area contributed by atoms with Gasteiger partial charge in [0.15, 0.2) is 0 Å².